The molecule has 1 aromatic carbocycles. The minimum Gasteiger partial charge on any atom is -0.313 e. The summed E-state index contributed by atoms with van der Waals surface area (Å²) in [5, 5.41) is 3.26. The van der Waals surface area contributed by atoms with Gasteiger partial charge in [-0.15, -0.1) is 0 Å². The molecule has 2 aliphatic heterocycles. The molecule has 2 aliphatic rings. The van der Waals surface area contributed by atoms with E-state index in [1.807, 2.05) is 20.8 Å². The van der Waals surface area contributed by atoms with Crippen LogP contribution in [0, 0.1) is 5.41 Å². The van der Waals surface area contributed by atoms with Crippen molar-refractivity contribution >= 4 is 10.0 Å². The van der Waals surface area contributed by atoms with E-state index < -0.39 is 37.6 Å². The third-order valence-corrected chi connectivity index (χ3v) is 7.64. The van der Waals surface area contributed by atoms with Gasteiger partial charge in [0.25, 0.3) is 0 Å². The van der Waals surface area contributed by atoms with E-state index in [4.69, 9.17) is 0 Å². The number of nitrogens with one attached hydrogen (secondary N) is 1. The molecule has 2 fully saturated rings. The standard InChI is InChI=1S/C17H23F3N2O2S/c1-15(2,3)16-9-8-12(10-21-11-16)22(16)25(23,24)14-7-5-4-6-13(14)17(18,19)20/h4-7,12,21H,8-11H2,1-3H3. The number of rotatable bonds is 2. The minimum atomic E-state index is -4.72. The second-order valence-electron chi connectivity index (χ2n) is 7.90. The summed E-state index contributed by atoms with van der Waals surface area (Å²) in [5.41, 5.74) is -2.24. The average molecular weight is 376 g/mol. The summed E-state index contributed by atoms with van der Waals surface area (Å²) in [6.45, 7) is 6.74. The first kappa shape index (κ1) is 18.7. The summed E-state index contributed by atoms with van der Waals surface area (Å²) in [6.07, 6.45) is -3.43. The first-order valence-corrected chi connectivity index (χ1v) is 9.77. The number of hydrogen-bond donors (Lipinski definition) is 1. The summed E-state index contributed by atoms with van der Waals surface area (Å²) >= 11 is 0. The molecule has 1 N–H and O–H groups in total. The summed E-state index contributed by atoms with van der Waals surface area (Å²) in [6, 6.07) is 4.14. The van der Waals surface area contributed by atoms with Gasteiger partial charge in [-0.05, 0) is 30.4 Å². The molecular formula is C17H23F3N2O2S. The average Bonchev–Trinajstić information content (AvgIpc) is 2.75. The van der Waals surface area contributed by atoms with Crippen molar-refractivity contribution in [2.24, 2.45) is 5.41 Å². The molecule has 0 aliphatic carbocycles. The molecule has 140 valence electrons. The molecule has 0 aromatic heterocycles. The van der Waals surface area contributed by atoms with E-state index in [1.165, 1.54) is 16.4 Å². The van der Waals surface area contributed by atoms with Crippen molar-refractivity contribution in [3.8, 4) is 0 Å². The van der Waals surface area contributed by atoms with Gasteiger partial charge in [0.05, 0.1) is 16.0 Å². The van der Waals surface area contributed by atoms with E-state index in [0.717, 1.165) is 12.1 Å². The highest BCUT2D eigenvalue weighted by Gasteiger charge is 2.60. The molecule has 2 unspecified atom stereocenters. The Hall–Kier alpha value is -1.12. The Bertz CT molecular complexity index is 767. The quantitative estimate of drug-likeness (QED) is 0.862. The van der Waals surface area contributed by atoms with Crippen molar-refractivity contribution in [1.29, 1.82) is 0 Å². The molecule has 3 rings (SSSR count). The summed E-state index contributed by atoms with van der Waals surface area (Å²) in [4.78, 5) is -0.648. The van der Waals surface area contributed by atoms with Crippen LogP contribution >= 0.6 is 0 Å². The van der Waals surface area contributed by atoms with Crippen LogP contribution in [0.3, 0.4) is 0 Å². The first-order chi connectivity index (χ1) is 11.4. The van der Waals surface area contributed by atoms with Crippen LogP contribution in [0.25, 0.3) is 0 Å². The molecule has 2 heterocycles. The molecule has 0 spiro atoms. The largest absolute Gasteiger partial charge is 0.417 e. The number of sulfonamides is 1. The fourth-order valence-electron chi connectivity index (χ4n) is 4.21. The van der Waals surface area contributed by atoms with Crippen molar-refractivity contribution in [2.75, 3.05) is 13.1 Å². The molecule has 0 saturated carbocycles. The topological polar surface area (TPSA) is 49.4 Å². The number of benzene rings is 1. The molecular weight excluding hydrogens is 353 g/mol. The van der Waals surface area contributed by atoms with E-state index in [2.05, 4.69) is 5.32 Å². The van der Waals surface area contributed by atoms with Crippen molar-refractivity contribution in [1.82, 2.24) is 9.62 Å². The fourth-order valence-corrected chi connectivity index (χ4v) is 6.59. The van der Waals surface area contributed by atoms with Gasteiger partial charge in [-0.1, -0.05) is 32.9 Å². The monoisotopic (exact) mass is 376 g/mol. The van der Waals surface area contributed by atoms with Crippen molar-refractivity contribution in [3.05, 3.63) is 29.8 Å². The first-order valence-electron chi connectivity index (χ1n) is 8.33. The number of halogens is 3. The molecule has 4 nitrogen and oxygen atoms in total. The molecule has 2 atom stereocenters. The number of nitrogens with zero attached hydrogens (tertiary/aromatic N) is 1. The van der Waals surface area contributed by atoms with Gasteiger partial charge >= 0.3 is 6.18 Å². The zero-order chi connectivity index (χ0) is 18.7. The smallest absolute Gasteiger partial charge is 0.313 e. The molecule has 0 radical (unpaired) electrons. The lowest BCUT2D eigenvalue weighted by Crippen LogP contribution is -2.67. The molecule has 0 amide bonds. The van der Waals surface area contributed by atoms with E-state index in [1.54, 1.807) is 0 Å². The Labute approximate surface area is 146 Å². The van der Waals surface area contributed by atoms with E-state index in [0.29, 0.717) is 25.9 Å². The fraction of sp³-hybridized carbons (Fsp3) is 0.647. The van der Waals surface area contributed by atoms with Gasteiger partial charge in [0.15, 0.2) is 0 Å². The summed E-state index contributed by atoms with van der Waals surface area (Å²) in [5.74, 6) is 0. The van der Waals surface area contributed by atoms with Crippen molar-refractivity contribution in [2.45, 2.75) is 56.3 Å². The van der Waals surface area contributed by atoms with Gasteiger partial charge in [-0.25, -0.2) is 8.42 Å². The second kappa shape index (κ2) is 5.69. The number of hydrogen-bond acceptors (Lipinski definition) is 3. The number of fused-ring (bicyclic) bond motifs is 2. The SMILES string of the molecule is CC(C)(C)C12CCC(CNC1)N2S(=O)(=O)c1ccccc1C(F)(F)F. The van der Waals surface area contributed by atoms with E-state index >= 15 is 0 Å². The van der Waals surface area contributed by atoms with Crippen LogP contribution in [-0.2, 0) is 16.2 Å². The van der Waals surface area contributed by atoms with Gasteiger partial charge in [-0.3, -0.25) is 0 Å². The second-order valence-corrected chi connectivity index (χ2v) is 9.68. The minimum absolute atomic E-state index is 0.320. The van der Waals surface area contributed by atoms with Gasteiger partial charge in [-0.2, -0.15) is 17.5 Å². The van der Waals surface area contributed by atoms with E-state index in [-0.39, 0.29) is 6.04 Å². The summed E-state index contributed by atoms with van der Waals surface area (Å²) < 4.78 is 68.3. The van der Waals surface area contributed by atoms with Gasteiger partial charge < -0.3 is 5.32 Å². The zero-order valence-electron chi connectivity index (χ0n) is 14.5. The Balaban J connectivity index is 2.19. The third kappa shape index (κ3) is 2.78. The molecule has 2 bridgehead atoms. The zero-order valence-corrected chi connectivity index (χ0v) is 15.3. The van der Waals surface area contributed by atoms with Gasteiger partial charge in [0, 0.05) is 19.1 Å². The Morgan fingerprint density at radius 3 is 2.44 bits per heavy atom. The van der Waals surface area contributed by atoms with Crippen LogP contribution in [0.2, 0.25) is 0 Å². The van der Waals surface area contributed by atoms with Crippen molar-refractivity contribution < 1.29 is 21.6 Å². The molecule has 2 saturated heterocycles. The molecule has 8 heteroatoms. The van der Waals surface area contributed by atoms with Crippen LogP contribution in [0.5, 0.6) is 0 Å². The lowest BCUT2D eigenvalue weighted by molar-refractivity contribution is -0.140. The number of piperazine rings is 1. The lowest BCUT2D eigenvalue weighted by Gasteiger charge is -2.51. The van der Waals surface area contributed by atoms with Gasteiger partial charge in [0.2, 0.25) is 10.0 Å². The normalized spacial score (nSPS) is 28.3. The summed E-state index contributed by atoms with van der Waals surface area (Å²) in [7, 11) is -4.28. The Kier molecular flexibility index (Phi) is 4.25. The molecule has 25 heavy (non-hydrogen) atoms. The third-order valence-electron chi connectivity index (χ3n) is 5.57. The Morgan fingerprint density at radius 2 is 1.84 bits per heavy atom. The molecule has 1 aromatic rings. The maximum absolute atomic E-state index is 13.4. The maximum Gasteiger partial charge on any atom is 0.417 e. The highest BCUT2D eigenvalue weighted by atomic mass is 32.2. The lowest BCUT2D eigenvalue weighted by atomic mass is 9.72. The highest BCUT2D eigenvalue weighted by Crippen LogP contribution is 2.50. The Morgan fingerprint density at radius 1 is 1.20 bits per heavy atom. The number of alkyl halides is 3. The van der Waals surface area contributed by atoms with Gasteiger partial charge in [0.1, 0.15) is 0 Å². The van der Waals surface area contributed by atoms with Crippen LogP contribution in [0.4, 0.5) is 13.2 Å². The van der Waals surface area contributed by atoms with Crippen LogP contribution in [0.15, 0.2) is 29.2 Å². The maximum atomic E-state index is 13.4. The van der Waals surface area contributed by atoms with Crippen LogP contribution < -0.4 is 5.32 Å². The van der Waals surface area contributed by atoms with Crippen LogP contribution in [0.1, 0.15) is 39.2 Å². The van der Waals surface area contributed by atoms with Crippen molar-refractivity contribution in [3.63, 3.8) is 0 Å². The highest BCUT2D eigenvalue weighted by molar-refractivity contribution is 7.89. The van der Waals surface area contributed by atoms with Crippen LogP contribution in [-0.4, -0.2) is 37.4 Å². The van der Waals surface area contributed by atoms with E-state index in [9.17, 15) is 21.6 Å². The predicted molar refractivity (Wildman–Crippen MR) is 88.5 cm³/mol. The predicted octanol–water partition coefficient (Wildman–Crippen LogP) is 3.25.